The van der Waals surface area contributed by atoms with Crippen molar-refractivity contribution in [3.8, 4) is 0 Å². The summed E-state index contributed by atoms with van der Waals surface area (Å²) in [4.78, 5) is 28.7. The predicted molar refractivity (Wildman–Crippen MR) is 139 cm³/mol. The van der Waals surface area contributed by atoms with Gasteiger partial charge in [-0.1, -0.05) is 72.3 Å². The average molecular weight is 495 g/mol. The van der Waals surface area contributed by atoms with E-state index in [0.717, 1.165) is 16.7 Å². The first-order chi connectivity index (χ1) is 16.6. The quantitative estimate of drug-likeness (QED) is 0.398. The van der Waals surface area contributed by atoms with Crippen LogP contribution in [0.4, 0.5) is 4.39 Å². The number of nitrogens with one attached hydrogen (secondary N) is 1. The van der Waals surface area contributed by atoms with Gasteiger partial charge in [0.25, 0.3) is 0 Å². The molecule has 35 heavy (non-hydrogen) atoms. The third-order valence-corrected chi connectivity index (χ3v) is 5.97. The van der Waals surface area contributed by atoms with Crippen LogP contribution >= 0.6 is 11.6 Å². The average Bonchev–Trinajstić information content (AvgIpc) is 2.81. The Hall–Kier alpha value is -3.18. The highest BCUT2D eigenvalue weighted by Crippen LogP contribution is 2.20. The zero-order valence-corrected chi connectivity index (χ0v) is 21.2. The molecule has 0 saturated heterocycles. The first kappa shape index (κ1) is 26.4. The number of benzene rings is 3. The highest BCUT2D eigenvalue weighted by molar-refractivity contribution is 6.31. The molecule has 0 bridgehead atoms. The lowest BCUT2D eigenvalue weighted by Crippen LogP contribution is -2.54. The molecule has 0 fully saturated rings. The number of carbonyl (C=O) groups is 2. The van der Waals surface area contributed by atoms with Crippen LogP contribution in [0.1, 0.15) is 43.9 Å². The maximum atomic E-state index is 13.6. The van der Waals surface area contributed by atoms with Crippen LogP contribution in [0, 0.1) is 5.82 Å². The van der Waals surface area contributed by atoms with Crippen molar-refractivity contribution in [2.75, 3.05) is 0 Å². The number of amides is 2. The molecule has 0 aromatic heterocycles. The van der Waals surface area contributed by atoms with E-state index in [9.17, 15) is 14.0 Å². The second-order valence-electron chi connectivity index (χ2n) is 9.68. The van der Waals surface area contributed by atoms with Crippen molar-refractivity contribution in [3.63, 3.8) is 0 Å². The summed E-state index contributed by atoms with van der Waals surface area (Å²) in [5.41, 5.74) is 2.11. The van der Waals surface area contributed by atoms with Gasteiger partial charge in [0.05, 0.1) is 0 Å². The minimum Gasteiger partial charge on any atom is -0.350 e. The molecule has 1 N–H and O–H groups in total. The molecular formula is C29H32ClFN2O2. The van der Waals surface area contributed by atoms with Crippen LogP contribution in [-0.4, -0.2) is 28.3 Å². The fourth-order valence-electron chi connectivity index (χ4n) is 3.88. The minimum absolute atomic E-state index is 0.167. The van der Waals surface area contributed by atoms with Crippen LogP contribution in [0.3, 0.4) is 0 Å². The molecule has 0 saturated carbocycles. The van der Waals surface area contributed by atoms with Crippen LogP contribution in [0.25, 0.3) is 0 Å². The van der Waals surface area contributed by atoms with E-state index in [2.05, 4.69) is 5.32 Å². The maximum Gasteiger partial charge on any atom is 0.243 e. The Kier molecular flexibility index (Phi) is 9.05. The Labute approximate surface area is 212 Å². The standard InChI is InChI=1S/C29H32ClFN2O2/c1-29(2,3)32-28(35)26(19-21-9-5-4-6-10-21)33(20-22-13-16-24(31)17-14-22)27(34)18-15-23-11-7-8-12-25(23)30/h4-14,16-17,26H,15,18-20H2,1-3H3,(H,32,35)/t26-/m1/s1. The normalized spacial score (nSPS) is 12.1. The smallest absolute Gasteiger partial charge is 0.243 e. The first-order valence-corrected chi connectivity index (χ1v) is 12.1. The number of nitrogens with zero attached hydrogens (tertiary/aromatic N) is 1. The molecule has 0 radical (unpaired) electrons. The molecule has 2 amide bonds. The van der Waals surface area contributed by atoms with Crippen molar-refractivity contribution >= 4 is 23.4 Å². The number of rotatable bonds is 9. The second-order valence-corrected chi connectivity index (χ2v) is 10.1. The Bertz CT molecular complexity index is 1130. The van der Waals surface area contributed by atoms with Gasteiger partial charge in [0.1, 0.15) is 11.9 Å². The van der Waals surface area contributed by atoms with Crippen molar-refractivity contribution in [1.82, 2.24) is 10.2 Å². The molecule has 0 spiro atoms. The van der Waals surface area contributed by atoms with Crippen LogP contribution < -0.4 is 5.32 Å². The van der Waals surface area contributed by atoms with Gasteiger partial charge in [0.15, 0.2) is 0 Å². The van der Waals surface area contributed by atoms with Gasteiger partial charge >= 0.3 is 0 Å². The number of aryl methyl sites for hydroxylation is 1. The fraction of sp³-hybridized carbons (Fsp3) is 0.310. The van der Waals surface area contributed by atoms with Crippen molar-refractivity contribution in [1.29, 1.82) is 0 Å². The molecule has 3 aromatic rings. The van der Waals surface area contributed by atoms with Crippen molar-refractivity contribution in [2.45, 2.75) is 58.2 Å². The first-order valence-electron chi connectivity index (χ1n) is 11.8. The zero-order chi connectivity index (χ0) is 25.4. The minimum atomic E-state index is -0.736. The number of hydrogen-bond donors (Lipinski definition) is 1. The van der Waals surface area contributed by atoms with Crippen molar-refractivity contribution in [3.05, 3.63) is 106 Å². The summed E-state index contributed by atoms with van der Waals surface area (Å²) < 4.78 is 13.5. The molecule has 0 unspecified atom stereocenters. The van der Waals surface area contributed by atoms with Gasteiger partial charge in [-0.15, -0.1) is 0 Å². The number of carbonyl (C=O) groups excluding carboxylic acids is 2. The Morgan fingerprint density at radius 3 is 2.17 bits per heavy atom. The van der Waals surface area contributed by atoms with Gasteiger partial charge in [-0.2, -0.15) is 0 Å². The summed E-state index contributed by atoms with van der Waals surface area (Å²) in [7, 11) is 0. The molecule has 4 nitrogen and oxygen atoms in total. The summed E-state index contributed by atoms with van der Waals surface area (Å²) in [5.74, 6) is -0.745. The van der Waals surface area contributed by atoms with Crippen LogP contribution in [-0.2, 0) is 29.0 Å². The molecule has 3 aromatic carbocycles. The molecule has 6 heteroatoms. The lowest BCUT2D eigenvalue weighted by Gasteiger charge is -2.34. The summed E-state index contributed by atoms with van der Waals surface area (Å²) in [6.07, 6.45) is 1.01. The summed E-state index contributed by atoms with van der Waals surface area (Å²) in [6, 6.07) is 22.3. The molecule has 184 valence electrons. The highest BCUT2D eigenvalue weighted by atomic mass is 35.5. The maximum absolute atomic E-state index is 13.6. The van der Waals surface area contributed by atoms with Crippen LogP contribution in [0.2, 0.25) is 5.02 Å². The molecule has 3 rings (SSSR count). The third kappa shape index (κ3) is 8.22. The highest BCUT2D eigenvalue weighted by Gasteiger charge is 2.32. The van der Waals surface area contributed by atoms with Crippen LogP contribution in [0.15, 0.2) is 78.9 Å². The third-order valence-electron chi connectivity index (χ3n) is 5.60. The van der Waals surface area contributed by atoms with Gasteiger partial charge in [0.2, 0.25) is 11.8 Å². The fourth-order valence-corrected chi connectivity index (χ4v) is 4.11. The van der Waals surface area contributed by atoms with Crippen molar-refractivity contribution in [2.24, 2.45) is 0 Å². The SMILES string of the molecule is CC(C)(C)NC(=O)[C@@H](Cc1ccccc1)N(Cc1ccc(F)cc1)C(=O)CCc1ccccc1Cl. The van der Waals surface area contributed by atoms with E-state index < -0.39 is 11.6 Å². The Morgan fingerprint density at radius 1 is 0.914 bits per heavy atom. The van der Waals surface area contributed by atoms with Gasteiger partial charge in [-0.25, -0.2) is 4.39 Å². The van der Waals surface area contributed by atoms with Gasteiger partial charge in [-0.3, -0.25) is 9.59 Å². The molecular weight excluding hydrogens is 463 g/mol. The van der Waals surface area contributed by atoms with E-state index in [1.165, 1.54) is 12.1 Å². The van der Waals surface area contributed by atoms with E-state index in [1.807, 2.05) is 69.3 Å². The van der Waals surface area contributed by atoms with Gasteiger partial charge in [-0.05, 0) is 62.1 Å². The molecule has 0 aliphatic heterocycles. The van der Waals surface area contributed by atoms with E-state index >= 15 is 0 Å². The lowest BCUT2D eigenvalue weighted by molar-refractivity contribution is -0.141. The second kappa shape index (κ2) is 12.0. The summed E-state index contributed by atoms with van der Waals surface area (Å²) in [6.45, 7) is 5.92. The van der Waals surface area contributed by atoms with Crippen LogP contribution in [0.5, 0.6) is 0 Å². The van der Waals surface area contributed by atoms with E-state index in [1.54, 1.807) is 23.1 Å². The predicted octanol–water partition coefficient (Wildman–Crippen LogP) is 5.97. The Morgan fingerprint density at radius 2 is 1.54 bits per heavy atom. The topological polar surface area (TPSA) is 49.4 Å². The van der Waals surface area contributed by atoms with E-state index in [-0.39, 0.29) is 30.6 Å². The number of halogens is 2. The van der Waals surface area contributed by atoms with Gasteiger partial charge < -0.3 is 10.2 Å². The molecule has 0 aliphatic rings. The zero-order valence-electron chi connectivity index (χ0n) is 20.4. The Balaban J connectivity index is 1.93. The molecule has 0 aliphatic carbocycles. The van der Waals surface area contributed by atoms with E-state index in [4.69, 9.17) is 11.6 Å². The summed E-state index contributed by atoms with van der Waals surface area (Å²) >= 11 is 6.30. The van der Waals surface area contributed by atoms with Gasteiger partial charge in [0, 0.05) is 29.9 Å². The largest absolute Gasteiger partial charge is 0.350 e. The monoisotopic (exact) mass is 494 g/mol. The van der Waals surface area contributed by atoms with Crippen molar-refractivity contribution < 1.29 is 14.0 Å². The molecule has 1 atom stereocenters. The van der Waals surface area contributed by atoms with E-state index in [0.29, 0.717) is 17.9 Å². The summed E-state index contributed by atoms with van der Waals surface area (Å²) in [5, 5.41) is 3.65. The molecule has 0 heterocycles. The number of hydrogen-bond acceptors (Lipinski definition) is 2. The lowest BCUT2D eigenvalue weighted by atomic mass is 10.00.